The predicted octanol–water partition coefficient (Wildman–Crippen LogP) is 6.83. The maximum Gasteiger partial charge on any atom is 0.181 e. The summed E-state index contributed by atoms with van der Waals surface area (Å²) in [5.74, 6) is 0. The standard InChI is InChI=1S/C14H22Br4N2O/c1-2-3-8-11(21-10-7-5-4-6-9-15)20-13(17)12(16)19-14(20)18/h11H,2-10H2,1H3. The summed E-state index contributed by atoms with van der Waals surface area (Å²) < 4.78 is 10.7. The van der Waals surface area contributed by atoms with Gasteiger partial charge in [-0.05, 0) is 73.5 Å². The summed E-state index contributed by atoms with van der Waals surface area (Å²) in [4.78, 5) is 4.37. The van der Waals surface area contributed by atoms with Crippen LogP contribution in [-0.2, 0) is 4.74 Å². The molecule has 1 aromatic heterocycles. The number of hydrogen-bond acceptors (Lipinski definition) is 2. The highest BCUT2D eigenvalue weighted by Gasteiger charge is 2.20. The molecule has 0 radical (unpaired) electrons. The highest BCUT2D eigenvalue weighted by Crippen LogP contribution is 2.33. The van der Waals surface area contributed by atoms with E-state index in [1.807, 2.05) is 0 Å². The molecular formula is C14H22Br4N2O. The summed E-state index contributed by atoms with van der Waals surface area (Å²) in [6, 6.07) is 0. The molecule has 0 spiro atoms. The number of ether oxygens (including phenoxy) is 1. The molecule has 0 bridgehead atoms. The fourth-order valence-electron chi connectivity index (χ4n) is 2.04. The van der Waals surface area contributed by atoms with E-state index in [2.05, 4.69) is 80.2 Å². The Kier molecular flexibility index (Phi) is 11.1. The molecule has 1 atom stereocenters. The largest absolute Gasteiger partial charge is 0.358 e. The van der Waals surface area contributed by atoms with Crippen LogP contribution >= 0.6 is 63.7 Å². The first-order valence-electron chi connectivity index (χ1n) is 7.38. The van der Waals surface area contributed by atoms with Crippen molar-refractivity contribution in [2.45, 2.75) is 58.1 Å². The average Bonchev–Trinajstić information content (AvgIpc) is 2.71. The van der Waals surface area contributed by atoms with Crippen molar-refractivity contribution in [2.24, 2.45) is 0 Å². The van der Waals surface area contributed by atoms with Crippen LogP contribution in [0.2, 0.25) is 0 Å². The number of hydrogen-bond donors (Lipinski definition) is 0. The molecular weight excluding hydrogens is 532 g/mol. The Bertz CT molecular complexity index is 412. The Morgan fingerprint density at radius 3 is 2.38 bits per heavy atom. The minimum absolute atomic E-state index is 0.0312. The molecule has 0 N–H and O–H groups in total. The third-order valence-electron chi connectivity index (χ3n) is 3.20. The van der Waals surface area contributed by atoms with Crippen molar-refractivity contribution in [1.82, 2.24) is 9.55 Å². The van der Waals surface area contributed by atoms with Gasteiger partial charge in [-0.3, -0.25) is 4.57 Å². The molecule has 0 aromatic carbocycles. The fraction of sp³-hybridized carbons (Fsp3) is 0.786. The van der Waals surface area contributed by atoms with E-state index in [0.29, 0.717) is 0 Å². The van der Waals surface area contributed by atoms with Gasteiger partial charge in [-0.15, -0.1) is 0 Å². The maximum absolute atomic E-state index is 6.12. The van der Waals surface area contributed by atoms with E-state index in [-0.39, 0.29) is 6.23 Å². The second-order valence-corrected chi connectivity index (χ2v) is 7.91. The van der Waals surface area contributed by atoms with Crippen LogP contribution in [0, 0.1) is 0 Å². The number of halogens is 4. The second-order valence-electron chi connectivity index (χ2n) is 4.90. The van der Waals surface area contributed by atoms with Crippen molar-refractivity contribution in [3.63, 3.8) is 0 Å². The number of rotatable bonds is 11. The zero-order chi connectivity index (χ0) is 15.7. The monoisotopic (exact) mass is 550 g/mol. The van der Waals surface area contributed by atoms with E-state index in [1.54, 1.807) is 0 Å². The van der Waals surface area contributed by atoms with Crippen molar-refractivity contribution in [3.05, 3.63) is 13.9 Å². The third-order valence-corrected chi connectivity index (χ3v) is 6.16. The molecule has 0 saturated carbocycles. The molecule has 0 aliphatic carbocycles. The predicted molar refractivity (Wildman–Crippen MR) is 102 cm³/mol. The summed E-state index contributed by atoms with van der Waals surface area (Å²) >= 11 is 14.0. The lowest BCUT2D eigenvalue weighted by Crippen LogP contribution is -2.14. The number of nitrogens with zero attached hydrogens (tertiary/aromatic N) is 2. The van der Waals surface area contributed by atoms with E-state index in [1.165, 1.54) is 19.3 Å². The smallest absolute Gasteiger partial charge is 0.181 e. The van der Waals surface area contributed by atoms with Gasteiger partial charge in [-0.2, -0.15) is 0 Å². The van der Waals surface area contributed by atoms with E-state index >= 15 is 0 Å². The first-order valence-corrected chi connectivity index (χ1v) is 10.9. The lowest BCUT2D eigenvalue weighted by Gasteiger charge is -2.21. The molecule has 1 aromatic rings. The Hall–Kier alpha value is 1.09. The van der Waals surface area contributed by atoms with Crippen LogP contribution in [0.4, 0.5) is 0 Å². The topological polar surface area (TPSA) is 27.1 Å². The second kappa shape index (κ2) is 11.6. The Morgan fingerprint density at radius 2 is 1.81 bits per heavy atom. The van der Waals surface area contributed by atoms with Crippen LogP contribution in [0.5, 0.6) is 0 Å². The number of unbranched alkanes of at least 4 members (excludes halogenated alkanes) is 4. The number of aromatic nitrogens is 2. The van der Waals surface area contributed by atoms with Crippen LogP contribution in [0.3, 0.4) is 0 Å². The molecule has 0 fully saturated rings. The van der Waals surface area contributed by atoms with E-state index in [4.69, 9.17) is 4.74 Å². The molecule has 0 amide bonds. The zero-order valence-electron chi connectivity index (χ0n) is 12.3. The Balaban J connectivity index is 2.55. The van der Waals surface area contributed by atoms with Gasteiger partial charge in [0.05, 0.1) is 0 Å². The maximum atomic E-state index is 6.12. The minimum atomic E-state index is 0.0312. The highest BCUT2D eigenvalue weighted by molar-refractivity contribution is 9.13. The normalized spacial score (nSPS) is 12.8. The molecule has 21 heavy (non-hydrogen) atoms. The molecule has 122 valence electrons. The van der Waals surface area contributed by atoms with E-state index < -0.39 is 0 Å². The van der Waals surface area contributed by atoms with E-state index in [9.17, 15) is 0 Å². The lowest BCUT2D eigenvalue weighted by molar-refractivity contribution is -0.00971. The molecule has 1 heterocycles. The van der Waals surface area contributed by atoms with Crippen LogP contribution in [-0.4, -0.2) is 21.5 Å². The SMILES string of the molecule is CCCCC(OCCCCCCBr)n1c(Br)nc(Br)c1Br. The van der Waals surface area contributed by atoms with Gasteiger partial charge in [-0.25, -0.2) is 4.98 Å². The van der Waals surface area contributed by atoms with Crippen LogP contribution < -0.4 is 0 Å². The van der Waals surface area contributed by atoms with Crippen LogP contribution in [0.15, 0.2) is 13.9 Å². The van der Waals surface area contributed by atoms with Gasteiger partial charge < -0.3 is 4.74 Å². The molecule has 0 aliphatic rings. The van der Waals surface area contributed by atoms with E-state index in [0.717, 1.165) is 51.6 Å². The molecule has 3 nitrogen and oxygen atoms in total. The van der Waals surface area contributed by atoms with Crippen LogP contribution in [0.25, 0.3) is 0 Å². The Morgan fingerprint density at radius 1 is 1.10 bits per heavy atom. The first-order chi connectivity index (χ1) is 10.1. The molecule has 7 heteroatoms. The first kappa shape index (κ1) is 20.1. The zero-order valence-corrected chi connectivity index (χ0v) is 18.6. The average molecular weight is 554 g/mol. The summed E-state index contributed by atoms with van der Waals surface area (Å²) in [6.07, 6.45) is 8.17. The molecule has 0 saturated heterocycles. The number of alkyl halides is 1. The summed E-state index contributed by atoms with van der Waals surface area (Å²) in [5.41, 5.74) is 0. The third kappa shape index (κ3) is 7.02. The van der Waals surface area contributed by atoms with Crippen LogP contribution in [0.1, 0.15) is 58.1 Å². The number of imidazole rings is 1. The van der Waals surface area contributed by atoms with Crippen molar-refractivity contribution in [3.8, 4) is 0 Å². The van der Waals surface area contributed by atoms with Crippen molar-refractivity contribution in [1.29, 1.82) is 0 Å². The van der Waals surface area contributed by atoms with Gasteiger partial charge in [0.1, 0.15) is 15.4 Å². The van der Waals surface area contributed by atoms with Crippen molar-refractivity contribution >= 4 is 63.7 Å². The van der Waals surface area contributed by atoms with Gasteiger partial charge >= 0.3 is 0 Å². The Labute approximate surface area is 161 Å². The van der Waals surface area contributed by atoms with Gasteiger partial charge in [0.25, 0.3) is 0 Å². The van der Waals surface area contributed by atoms with Gasteiger partial charge in [0, 0.05) is 11.9 Å². The quantitative estimate of drug-likeness (QED) is 0.222. The minimum Gasteiger partial charge on any atom is -0.358 e. The summed E-state index contributed by atoms with van der Waals surface area (Å²) in [5, 5.41) is 1.09. The highest BCUT2D eigenvalue weighted by atomic mass is 79.9. The van der Waals surface area contributed by atoms with Crippen molar-refractivity contribution in [2.75, 3.05) is 11.9 Å². The molecule has 1 rings (SSSR count). The van der Waals surface area contributed by atoms with Gasteiger partial charge in [0.15, 0.2) is 4.73 Å². The summed E-state index contributed by atoms with van der Waals surface area (Å²) in [7, 11) is 0. The molecule has 0 aliphatic heterocycles. The van der Waals surface area contributed by atoms with Crippen molar-refractivity contribution < 1.29 is 4.74 Å². The van der Waals surface area contributed by atoms with Gasteiger partial charge in [-0.1, -0.05) is 42.1 Å². The fourth-order valence-corrected chi connectivity index (χ4v) is 4.34. The van der Waals surface area contributed by atoms with Gasteiger partial charge in [0.2, 0.25) is 0 Å². The molecule has 1 unspecified atom stereocenters. The summed E-state index contributed by atoms with van der Waals surface area (Å²) in [6.45, 7) is 3.00. The lowest BCUT2D eigenvalue weighted by atomic mass is 10.2.